The van der Waals surface area contributed by atoms with E-state index in [-0.39, 0.29) is 11.8 Å². The molecule has 1 atom stereocenters. The van der Waals surface area contributed by atoms with E-state index in [0.717, 1.165) is 50.2 Å². The molecule has 0 bridgehead atoms. The van der Waals surface area contributed by atoms with Gasteiger partial charge in [-0.25, -0.2) is 0 Å². The summed E-state index contributed by atoms with van der Waals surface area (Å²) in [7, 11) is 0. The third kappa shape index (κ3) is 6.69. The van der Waals surface area contributed by atoms with Crippen LogP contribution in [0.2, 0.25) is 0 Å². The summed E-state index contributed by atoms with van der Waals surface area (Å²) in [4.78, 5) is 12.1. The van der Waals surface area contributed by atoms with Gasteiger partial charge in [0.15, 0.2) is 0 Å². The number of benzene rings is 1. The van der Waals surface area contributed by atoms with Crippen molar-refractivity contribution in [3.05, 3.63) is 29.8 Å². The molecule has 1 fully saturated rings. The molecular weight excluding hydrogens is 292 g/mol. The fourth-order valence-electron chi connectivity index (χ4n) is 2.52. The Morgan fingerprint density at radius 2 is 2.17 bits per heavy atom. The number of amides is 1. The number of carbonyl (C=O) groups excluding carboxylic acids is 1. The second-order valence-electron chi connectivity index (χ2n) is 5.90. The van der Waals surface area contributed by atoms with Gasteiger partial charge in [0.2, 0.25) is 5.91 Å². The van der Waals surface area contributed by atoms with E-state index in [9.17, 15) is 4.79 Å². The topological polar surface area (TPSA) is 59.6 Å². The molecule has 1 amide bonds. The number of rotatable bonds is 10. The predicted molar refractivity (Wildman–Crippen MR) is 91.4 cm³/mol. The smallest absolute Gasteiger partial charge is 0.228 e. The van der Waals surface area contributed by atoms with Crippen LogP contribution >= 0.6 is 0 Å². The second-order valence-corrected chi connectivity index (χ2v) is 5.90. The maximum Gasteiger partial charge on any atom is 0.228 e. The van der Waals surface area contributed by atoms with Crippen molar-refractivity contribution in [3.63, 3.8) is 0 Å². The summed E-state index contributed by atoms with van der Waals surface area (Å²) in [6.45, 7) is 6.40. The number of anilines is 1. The van der Waals surface area contributed by atoms with E-state index >= 15 is 0 Å². The molecule has 2 rings (SSSR count). The van der Waals surface area contributed by atoms with Crippen molar-refractivity contribution in [2.45, 2.75) is 32.8 Å². The normalized spacial score (nSPS) is 17.3. The van der Waals surface area contributed by atoms with Gasteiger partial charge in [0, 0.05) is 18.8 Å². The highest BCUT2D eigenvalue weighted by molar-refractivity contribution is 5.92. The molecule has 2 N–H and O–H groups in total. The number of ether oxygens (including phenoxy) is 2. The van der Waals surface area contributed by atoms with E-state index in [1.807, 2.05) is 24.3 Å². The Kier molecular flexibility index (Phi) is 8.07. The highest BCUT2D eigenvalue weighted by Gasteiger charge is 2.22. The SMILES string of the molecule is CCCCOCCOCc1cccc(NC(=O)C2CCNC2)c1. The van der Waals surface area contributed by atoms with Crippen molar-refractivity contribution in [1.82, 2.24) is 5.32 Å². The summed E-state index contributed by atoms with van der Waals surface area (Å²) in [6.07, 6.45) is 3.15. The van der Waals surface area contributed by atoms with Crippen LogP contribution in [0, 0.1) is 5.92 Å². The molecule has 0 saturated carbocycles. The molecule has 5 heteroatoms. The fraction of sp³-hybridized carbons (Fsp3) is 0.611. The van der Waals surface area contributed by atoms with Crippen LogP contribution in [-0.2, 0) is 20.9 Å². The molecule has 1 aliphatic heterocycles. The number of nitrogens with one attached hydrogen (secondary N) is 2. The van der Waals surface area contributed by atoms with Crippen molar-refractivity contribution in [2.24, 2.45) is 5.92 Å². The molecule has 0 spiro atoms. The zero-order valence-electron chi connectivity index (χ0n) is 14.0. The first-order chi connectivity index (χ1) is 11.3. The Morgan fingerprint density at radius 3 is 2.96 bits per heavy atom. The molecule has 1 aromatic rings. The zero-order chi connectivity index (χ0) is 16.3. The highest BCUT2D eigenvalue weighted by Crippen LogP contribution is 2.15. The van der Waals surface area contributed by atoms with Crippen LogP contribution in [0.3, 0.4) is 0 Å². The summed E-state index contributed by atoms with van der Waals surface area (Å²) in [5, 5.41) is 6.20. The molecule has 0 radical (unpaired) electrons. The van der Waals surface area contributed by atoms with Crippen molar-refractivity contribution >= 4 is 11.6 Å². The van der Waals surface area contributed by atoms with Crippen molar-refractivity contribution in [3.8, 4) is 0 Å². The quantitative estimate of drug-likeness (QED) is 0.651. The highest BCUT2D eigenvalue weighted by atomic mass is 16.5. The monoisotopic (exact) mass is 320 g/mol. The maximum atomic E-state index is 12.1. The number of hydrogen-bond donors (Lipinski definition) is 2. The molecule has 1 saturated heterocycles. The molecule has 5 nitrogen and oxygen atoms in total. The van der Waals surface area contributed by atoms with Crippen molar-refractivity contribution in [2.75, 3.05) is 38.2 Å². The minimum atomic E-state index is 0.0789. The van der Waals surface area contributed by atoms with Crippen LogP contribution in [0.4, 0.5) is 5.69 Å². The number of carbonyl (C=O) groups is 1. The lowest BCUT2D eigenvalue weighted by Gasteiger charge is -2.11. The Morgan fingerprint density at radius 1 is 1.30 bits per heavy atom. The van der Waals surface area contributed by atoms with Gasteiger partial charge < -0.3 is 20.1 Å². The van der Waals surface area contributed by atoms with Crippen LogP contribution in [0.5, 0.6) is 0 Å². The first kappa shape index (κ1) is 17.9. The minimum Gasteiger partial charge on any atom is -0.379 e. The second kappa shape index (κ2) is 10.4. The van der Waals surface area contributed by atoms with Gasteiger partial charge >= 0.3 is 0 Å². The lowest BCUT2D eigenvalue weighted by Crippen LogP contribution is -2.24. The van der Waals surface area contributed by atoms with Crippen LogP contribution in [0.25, 0.3) is 0 Å². The predicted octanol–water partition coefficient (Wildman–Crippen LogP) is 2.57. The van der Waals surface area contributed by atoms with E-state index in [1.165, 1.54) is 0 Å². The Balaban J connectivity index is 1.68. The lowest BCUT2D eigenvalue weighted by molar-refractivity contribution is -0.119. The van der Waals surface area contributed by atoms with Crippen molar-refractivity contribution in [1.29, 1.82) is 0 Å². The Bertz CT molecular complexity index is 473. The number of hydrogen-bond acceptors (Lipinski definition) is 4. The molecule has 0 aromatic heterocycles. The molecule has 1 aromatic carbocycles. The molecule has 1 unspecified atom stereocenters. The summed E-state index contributed by atoms with van der Waals surface area (Å²) < 4.78 is 11.1. The van der Waals surface area contributed by atoms with Gasteiger partial charge in [-0.05, 0) is 37.1 Å². The number of unbranched alkanes of at least 4 members (excludes halogenated alkanes) is 1. The summed E-state index contributed by atoms with van der Waals surface area (Å²) in [5.74, 6) is 0.174. The van der Waals surface area contributed by atoms with Crippen LogP contribution in [-0.4, -0.2) is 38.8 Å². The average molecular weight is 320 g/mol. The van der Waals surface area contributed by atoms with Gasteiger partial charge in [-0.1, -0.05) is 25.5 Å². The van der Waals surface area contributed by atoms with Crippen LogP contribution < -0.4 is 10.6 Å². The van der Waals surface area contributed by atoms with Gasteiger partial charge in [0.05, 0.1) is 25.7 Å². The Hall–Kier alpha value is -1.43. The first-order valence-electron chi connectivity index (χ1n) is 8.55. The largest absolute Gasteiger partial charge is 0.379 e. The van der Waals surface area contributed by atoms with Gasteiger partial charge in [-0.15, -0.1) is 0 Å². The van der Waals surface area contributed by atoms with Gasteiger partial charge in [0.1, 0.15) is 0 Å². The standard InChI is InChI=1S/C18H28N2O3/c1-2-3-9-22-10-11-23-14-15-5-4-6-17(12-15)20-18(21)16-7-8-19-13-16/h4-6,12,16,19H,2-3,7-11,13-14H2,1H3,(H,20,21). The minimum absolute atomic E-state index is 0.0789. The van der Waals surface area contributed by atoms with Crippen LogP contribution in [0.15, 0.2) is 24.3 Å². The maximum absolute atomic E-state index is 12.1. The molecule has 128 valence electrons. The third-order valence-corrected chi connectivity index (χ3v) is 3.91. The van der Waals surface area contributed by atoms with Gasteiger partial charge in [-0.3, -0.25) is 4.79 Å². The summed E-state index contributed by atoms with van der Waals surface area (Å²) in [6, 6.07) is 7.83. The van der Waals surface area contributed by atoms with E-state index < -0.39 is 0 Å². The van der Waals surface area contributed by atoms with E-state index in [4.69, 9.17) is 9.47 Å². The zero-order valence-corrected chi connectivity index (χ0v) is 14.0. The van der Waals surface area contributed by atoms with Crippen molar-refractivity contribution < 1.29 is 14.3 Å². The molecule has 1 aliphatic rings. The van der Waals surface area contributed by atoms with E-state index in [2.05, 4.69) is 17.6 Å². The molecule has 23 heavy (non-hydrogen) atoms. The van der Waals surface area contributed by atoms with E-state index in [0.29, 0.717) is 19.8 Å². The summed E-state index contributed by atoms with van der Waals surface area (Å²) >= 11 is 0. The third-order valence-electron chi connectivity index (χ3n) is 3.91. The van der Waals surface area contributed by atoms with Crippen LogP contribution in [0.1, 0.15) is 31.7 Å². The lowest BCUT2D eigenvalue weighted by atomic mass is 10.1. The molecule has 0 aliphatic carbocycles. The fourth-order valence-corrected chi connectivity index (χ4v) is 2.52. The molecular formula is C18H28N2O3. The molecule has 1 heterocycles. The van der Waals surface area contributed by atoms with Gasteiger partial charge in [0.25, 0.3) is 0 Å². The summed E-state index contributed by atoms with van der Waals surface area (Å²) in [5.41, 5.74) is 1.89. The average Bonchev–Trinajstić information content (AvgIpc) is 3.09. The Labute approximate surface area is 138 Å². The first-order valence-corrected chi connectivity index (χ1v) is 8.55. The van der Waals surface area contributed by atoms with Gasteiger partial charge in [-0.2, -0.15) is 0 Å². The van der Waals surface area contributed by atoms with E-state index in [1.54, 1.807) is 0 Å².